The van der Waals surface area contributed by atoms with Gasteiger partial charge in [0, 0.05) is 30.8 Å². The minimum absolute atomic E-state index is 0.0365. The molecular weight excluding hydrogens is 561 g/mol. The summed E-state index contributed by atoms with van der Waals surface area (Å²) in [5, 5.41) is 12.7. The van der Waals surface area contributed by atoms with Crippen LogP contribution in [-0.4, -0.2) is 73.4 Å². The number of carbonyl (C=O) groups is 2. The highest BCUT2D eigenvalue weighted by atomic mass is 32.2. The van der Waals surface area contributed by atoms with Gasteiger partial charge in [-0.25, -0.2) is 12.8 Å². The normalized spacial score (nSPS) is 18.3. The van der Waals surface area contributed by atoms with E-state index in [9.17, 15) is 27.5 Å². The number of halogens is 1. The fraction of sp³-hybridized carbons (Fsp3) is 0.355. The average molecular weight is 598 g/mol. The molecule has 4 rings (SSSR count). The van der Waals surface area contributed by atoms with E-state index in [1.165, 1.54) is 19.2 Å². The molecule has 1 heterocycles. The molecule has 0 aliphatic carbocycles. The number of aliphatic hydroxyl groups is 1. The van der Waals surface area contributed by atoms with E-state index in [0.29, 0.717) is 17.0 Å². The number of aliphatic hydroxyl groups excluding tert-OH is 1. The van der Waals surface area contributed by atoms with Gasteiger partial charge >= 0.3 is 0 Å². The van der Waals surface area contributed by atoms with Crippen LogP contribution >= 0.6 is 0 Å². The molecule has 11 heteroatoms. The number of likely N-dealkylation sites (N-methyl/N-ethyl adjacent to an activating group) is 1. The number of rotatable bonds is 9. The van der Waals surface area contributed by atoms with Crippen molar-refractivity contribution < 1.29 is 32.2 Å². The summed E-state index contributed by atoms with van der Waals surface area (Å²) in [6.45, 7) is 3.53. The molecule has 0 aromatic heterocycles. The molecule has 0 fully saturated rings. The van der Waals surface area contributed by atoms with Crippen LogP contribution in [0.5, 0.6) is 5.75 Å². The summed E-state index contributed by atoms with van der Waals surface area (Å²) in [6.07, 6.45) is -0.531. The molecule has 1 aliphatic heterocycles. The molecule has 0 saturated heterocycles. The van der Waals surface area contributed by atoms with Crippen molar-refractivity contribution in [3.8, 4) is 5.75 Å². The molecule has 0 saturated carbocycles. The quantitative estimate of drug-likeness (QED) is 0.390. The summed E-state index contributed by atoms with van der Waals surface area (Å²) >= 11 is 0. The number of hydrogen-bond donors (Lipinski definition) is 2. The van der Waals surface area contributed by atoms with Gasteiger partial charge in [0.15, 0.2) is 0 Å². The van der Waals surface area contributed by atoms with Gasteiger partial charge in [-0.15, -0.1) is 0 Å². The molecule has 0 bridgehead atoms. The Labute approximate surface area is 246 Å². The van der Waals surface area contributed by atoms with Crippen LogP contribution in [0.25, 0.3) is 0 Å². The van der Waals surface area contributed by atoms with Crippen molar-refractivity contribution >= 4 is 27.5 Å². The highest BCUT2D eigenvalue weighted by Gasteiger charge is 2.33. The molecular formula is C31H36FN3O6S. The number of anilines is 1. The third-order valence-corrected chi connectivity index (χ3v) is 9.20. The van der Waals surface area contributed by atoms with Crippen molar-refractivity contribution in [2.24, 2.45) is 5.92 Å². The van der Waals surface area contributed by atoms with Crippen LogP contribution in [0.1, 0.15) is 25.0 Å². The predicted molar refractivity (Wildman–Crippen MR) is 157 cm³/mol. The first-order chi connectivity index (χ1) is 20.0. The largest absolute Gasteiger partial charge is 0.488 e. The maximum Gasteiger partial charge on any atom is 0.242 e. The third kappa shape index (κ3) is 7.53. The van der Waals surface area contributed by atoms with E-state index in [0.717, 1.165) is 22.0 Å². The number of ether oxygens (including phenoxy) is 1. The Morgan fingerprint density at radius 1 is 1.14 bits per heavy atom. The first-order valence-electron chi connectivity index (χ1n) is 13.7. The standard InChI is InChI=1S/C31H36FN3O6S/c1-21-18-35(22(2)20-36)31(38)17-24-16-26(33-30(37)15-23-7-5-4-6-8-23)11-14-28(24)41-29(21)19-34(3)42(39,40)27-12-9-25(32)10-13-27/h4-14,16,21-22,29,36H,15,17-20H2,1-3H3,(H,33,37)/t21-,22-,29-/m0/s1. The summed E-state index contributed by atoms with van der Waals surface area (Å²) in [5.74, 6) is -0.919. The molecule has 9 nitrogen and oxygen atoms in total. The Kier molecular flexibility index (Phi) is 9.97. The monoisotopic (exact) mass is 597 g/mol. The fourth-order valence-electron chi connectivity index (χ4n) is 4.85. The first kappa shape index (κ1) is 31.1. The van der Waals surface area contributed by atoms with Gasteiger partial charge in [0.2, 0.25) is 21.8 Å². The SMILES string of the molecule is C[C@H]1CN([C@@H](C)CO)C(=O)Cc2cc(NC(=O)Cc3ccccc3)ccc2O[C@H]1CN(C)S(=O)(=O)c1ccc(F)cc1. The van der Waals surface area contributed by atoms with Crippen molar-refractivity contribution in [1.29, 1.82) is 0 Å². The molecule has 3 aromatic carbocycles. The number of nitrogens with one attached hydrogen (secondary N) is 1. The van der Waals surface area contributed by atoms with Gasteiger partial charge in [0.25, 0.3) is 0 Å². The first-order valence-corrected chi connectivity index (χ1v) is 15.2. The van der Waals surface area contributed by atoms with Crippen LogP contribution in [0.2, 0.25) is 0 Å². The fourth-order valence-corrected chi connectivity index (χ4v) is 6.03. The number of hydrogen-bond acceptors (Lipinski definition) is 6. The number of sulfonamides is 1. The maximum absolute atomic E-state index is 13.4. The van der Waals surface area contributed by atoms with E-state index in [-0.39, 0.29) is 55.2 Å². The van der Waals surface area contributed by atoms with Crippen molar-refractivity contribution in [3.63, 3.8) is 0 Å². The van der Waals surface area contributed by atoms with Crippen LogP contribution < -0.4 is 10.1 Å². The van der Waals surface area contributed by atoms with Crippen LogP contribution in [0.4, 0.5) is 10.1 Å². The lowest BCUT2D eigenvalue weighted by molar-refractivity contribution is -0.134. The topological polar surface area (TPSA) is 116 Å². The van der Waals surface area contributed by atoms with Gasteiger partial charge in [-0.05, 0) is 55.0 Å². The molecule has 3 atom stereocenters. The zero-order valence-electron chi connectivity index (χ0n) is 23.9. The van der Waals surface area contributed by atoms with Crippen molar-refractivity contribution in [2.75, 3.05) is 32.1 Å². The number of amides is 2. The molecule has 2 N–H and O–H groups in total. The van der Waals surface area contributed by atoms with Crippen LogP contribution in [-0.2, 0) is 32.5 Å². The van der Waals surface area contributed by atoms with Gasteiger partial charge in [-0.2, -0.15) is 4.31 Å². The van der Waals surface area contributed by atoms with Crippen LogP contribution in [0.15, 0.2) is 77.7 Å². The summed E-state index contributed by atoms with van der Waals surface area (Å²) in [4.78, 5) is 27.7. The van der Waals surface area contributed by atoms with Gasteiger partial charge in [-0.3, -0.25) is 9.59 Å². The van der Waals surface area contributed by atoms with E-state index >= 15 is 0 Å². The number of nitrogens with zero attached hydrogens (tertiary/aromatic N) is 2. The van der Waals surface area contributed by atoms with E-state index in [1.54, 1.807) is 30.0 Å². The Morgan fingerprint density at radius 3 is 2.50 bits per heavy atom. The van der Waals surface area contributed by atoms with E-state index in [4.69, 9.17) is 4.74 Å². The minimum atomic E-state index is -3.96. The van der Waals surface area contributed by atoms with E-state index in [1.807, 2.05) is 37.3 Å². The highest BCUT2D eigenvalue weighted by Crippen LogP contribution is 2.30. The minimum Gasteiger partial charge on any atom is -0.488 e. The van der Waals surface area contributed by atoms with E-state index < -0.39 is 28.0 Å². The molecule has 224 valence electrons. The maximum atomic E-state index is 13.4. The molecule has 0 unspecified atom stereocenters. The Morgan fingerprint density at radius 2 is 1.83 bits per heavy atom. The predicted octanol–water partition coefficient (Wildman–Crippen LogP) is 3.48. The summed E-state index contributed by atoms with van der Waals surface area (Å²) in [5.41, 5.74) is 1.88. The van der Waals surface area contributed by atoms with Gasteiger partial charge in [0.1, 0.15) is 17.7 Å². The van der Waals surface area contributed by atoms with Crippen molar-refractivity contribution in [3.05, 3.63) is 89.7 Å². The van der Waals surface area contributed by atoms with Gasteiger partial charge in [-0.1, -0.05) is 37.3 Å². The lowest BCUT2D eigenvalue weighted by Crippen LogP contribution is -2.48. The van der Waals surface area contributed by atoms with Crippen LogP contribution in [0, 0.1) is 11.7 Å². The van der Waals surface area contributed by atoms with E-state index in [2.05, 4.69) is 5.32 Å². The summed E-state index contributed by atoms with van der Waals surface area (Å²) in [7, 11) is -2.54. The second-order valence-electron chi connectivity index (χ2n) is 10.7. The number of benzene rings is 3. The highest BCUT2D eigenvalue weighted by molar-refractivity contribution is 7.89. The molecule has 0 radical (unpaired) electrons. The Bertz CT molecular complexity index is 1500. The third-order valence-electron chi connectivity index (χ3n) is 7.37. The second kappa shape index (κ2) is 13.5. The molecule has 0 spiro atoms. The average Bonchev–Trinajstić information content (AvgIpc) is 3.00. The van der Waals surface area contributed by atoms with Crippen molar-refractivity contribution in [2.45, 2.75) is 43.7 Å². The Hall–Kier alpha value is -3.80. The zero-order chi connectivity index (χ0) is 30.4. The lowest BCUT2D eigenvalue weighted by atomic mass is 10.0. The summed E-state index contributed by atoms with van der Waals surface area (Å²) in [6, 6.07) is 18.5. The Balaban J connectivity index is 1.62. The second-order valence-corrected chi connectivity index (χ2v) is 12.7. The zero-order valence-corrected chi connectivity index (χ0v) is 24.7. The van der Waals surface area contributed by atoms with Gasteiger partial charge in [0.05, 0.1) is 36.9 Å². The summed E-state index contributed by atoms with van der Waals surface area (Å²) < 4.78 is 47.5. The number of carbonyl (C=O) groups excluding carboxylic acids is 2. The lowest BCUT2D eigenvalue weighted by Gasteiger charge is -2.33. The molecule has 1 aliphatic rings. The molecule has 2 amide bonds. The molecule has 3 aromatic rings. The smallest absolute Gasteiger partial charge is 0.242 e. The number of fused-ring (bicyclic) bond motifs is 1. The van der Waals surface area contributed by atoms with Crippen LogP contribution in [0.3, 0.4) is 0 Å². The van der Waals surface area contributed by atoms with Crippen molar-refractivity contribution in [1.82, 2.24) is 9.21 Å². The van der Waals surface area contributed by atoms with Gasteiger partial charge < -0.3 is 20.1 Å². The molecule has 42 heavy (non-hydrogen) atoms.